The van der Waals surface area contributed by atoms with Gasteiger partial charge >= 0.3 is 0 Å². The van der Waals surface area contributed by atoms with Crippen molar-refractivity contribution in [2.24, 2.45) is 5.92 Å². The van der Waals surface area contributed by atoms with Gasteiger partial charge in [0.05, 0.1) is 9.95 Å². The van der Waals surface area contributed by atoms with Crippen LogP contribution in [0.25, 0.3) is 10.1 Å². The highest BCUT2D eigenvalue weighted by Gasteiger charge is 2.24. The zero-order valence-electron chi connectivity index (χ0n) is 18.9. The highest BCUT2D eigenvalue weighted by atomic mass is 35.5. The summed E-state index contributed by atoms with van der Waals surface area (Å²) in [5, 5.41) is 14.8. The molecule has 0 aliphatic carbocycles. The van der Waals surface area contributed by atoms with Gasteiger partial charge in [-0.05, 0) is 30.2 Å². The van der Waals surface area contributed by atoms with Crippen LogP contribution in [0.1, 0.15) is 29.9 Å². The number of anilines is 2. The third-order valence-corrected chi connectivity index (χ3v) is 7.47. The topological polar surface area (TPSA) is 95.8 Å². The maximum absolute atomic E-state index is 12.8. The summed E-state index contributed by atoms with van der Waals surface area (Å²) >= 11 is 7.39. The molecule has 2 aromatic carbocycles. The van der Waals surface area contributed by atoms with E-state index in [0.717, 1.165) is 30.1 Å². The van der Waals surface area contributed by atoms with Crippen LogP contribution in [0.3, 0.4) is 0 Å². The molecule has 2 amide bonds. The molecule has 3 aromatic rings. The van der Waals surface area contributed by atoms with Gasteiger partial charge in [0.2, 0.25) is 5.91 Å². The van der Waals surface area contributed by atoms with Gasteiger partial charge < -0.3 is 15.1 Å². The van der Waals surface area contributed by atoms with Crippen LogP contribution in [0.2, 0.25) is 5.02 Å². The lowest BCUT2D eigenvalue weighted by Crippen LogP contribution is -2.49. The minimum absolute atomic E-state index is 0.0706. The lowest BCUT2D eigenvalue weighted by molar-refractivity contribution is -0.382. The van der Waals surface area contributed by atoms with Crippen LogP contribution in [0.4, 0.5) is 17.1 Å². The van der Waals surface area contributed by atoms with Crippen LogP contribution in [-0.4, -0.2) is 47.8 Å². The van der Waals surface area contributed by atoms with Gasteiger partial charge in [-0.2, -0.15) is 0 Å². The number of amides is 2. The van der Waals surface area contributed by atoms with Crippen LogP contribution in [0.5, 0.6) is 0 Å². The summed E-state index contributed by atoms with van der Waals surface area (Å²) in [7, 11) is 0. The van der Waals surface area contributed by atoms with Crippen LogP contribution >= 0.6 is 22.9 Å². The number of halogens is 1. The summed E-state index contributed by atoms with van der Waals surface area (Å²) < 4.78 is 0.379. The molecule has 0 radical (unpaired) electrons. The number of benzene rings is 2. The van der Waals surface area contributed by atoms with Gasteiger partial charge in [-0.25, -0.2) is 0 Å². The van der Waals surface area contributed by atoms with Gasteiger partial charge in [0.25, 0.3) is 11.6 Å². The lowest BCUT2D eigenvalue weighted by atomic mass is 10.1. The van der Waals surface area contributed by atoms with Crippen LogP contribution in [0, 0.1) is 16.0 Å². The maximum Gasteiger partial charge on any atom is 0.287 e. The van der Waals surface area contributed by atoms with Crippen molar-refractivity contribution >= 4 is 61.9 Å². The van der Waals surface area contributed by atoms with Gasteiger partial charge in [-0.3, -0.25) is 19.7 Å². The van der Waals surface area contributed by atoms with E-state index in [-0.39, 0.29) is 21.5 Å². The number of nitrogens with zero attached hydrogens (tertiary/aromatic N) is 3. The summed E-state index contributed by atoms with van der Waals surface area (Å²) in [5.41, 5.74) is 1.55. The lowest BCUT2D eigenvalue weighted by Gasteiger charge is -2.36. The van der Waals surface area contributed by atoms with Crippen molar-refractivity contribution in [2.45, 2.75) is 20.3 Å². The third-order valence-electron chi connectivity index (χ3n) is 5.74. The minimum atomic E-state index is -0.477. The molecule has 1 aliphatic heterocycles. The van der Waals surface area contributed by atoms with E-state index in [0.29, 0.717) is 41.2 Å². The van der Waals surface area contributed by atoms with E-state index in [1.807, 2.05) is 43.0 Å². The predicted octanol–water partition coefficient (Wildman–Crippen LogP) is 5.41. The van der Waals surface area contributed by atoms with E-state index < -0.39 is 10.8 Å². The van der Waals surface area contributed by atoms with Crippen molar-refractivity contribution in [3.8, 4) is 0 Å². The Labute approximate surface area is 206 Å². The summed E-state index contributed by atoms with van der Waals surface area (Å²) in [6.07, 6.45) is 0.575. The molecular weight excluding hydrogens is 476 g/mol. The first-order valence-electron chi connectivity index (χ1n) is 11.0. The van der Waals surface area contributed by atoms with Crippen molar-refractivity contribution in [3.63, 3.8) is 0 Å². The second-order valence-corrected chi connectivity index (χ2v) is 10.0. The van der Waals surface area contributed by atoms with E-state index in [1.165, 1.54) is 6.07 Å². The van der Waals surface area contributed by atoms with E-state index in [9.17, 15) is 19.7 Å². The van der Waals surface area contributed by atoms with E-state index in [4.69, 9.17) is 11.6 Å². The molecule has 1 aromatic heterocycles. The number of thiophene rings is 1. The zero-order chi connectivity index (χ0) is 24.4. The number of carbonyl (C=O) groups is 2. The number of hydrogen-bond donors (Lipinski definition) is 1. The van der Waals surface area contributed by atoms with Crippen molar-refractivity contribution in [3.05, 3.63) is 62.5 Å². The van der Waals surface area contributed by atoms with Crippen molar-refractivity contribution < 1.29 is 14.5 Å². The van der Waals surface area contributed by atoms with Crippen molar-refractivity contribution in [2.75, 3.05) is 36.4 Å². The summed E-state index contributed by atoms with van der Waals surface area (Å²) in [6.45, 7) is 7.00. The molecular formula is C24H25ClN4O4S. The SMILES string of the molecule is CC(C)CC(=O)N1CCN(c2ccc(NC(=O)c3sc4c([N+](=O)[O-])cccc4c3Cl)cc2)CC1. The summed E-state index contributed by atoms with van der Waals surface area (Å²) in [6, 6.07) is 12.1. The second kappa shape index (κ2) is 9.99. The Bertz CT molecular complexity index is 1230. The van der Waals surface area contributed by atoms with Gasteiger partial charge in [0.1, 0.15) is 9.58 Å². The number of rotatable bonds is 6. The normalized spacial score (nSPS) is 14.0. The smallest absolute Gasteiger partial charge is 0.287 e. The number of nitrogens with one attached hydrogen (secondary N) is 1. The Morgan fingerprint density at radius 3 is 2.41 bits per heavy atom. The largest absolute Gasteiger partial charge is 0.368 e. The standard InChI is InChI=1S/C24H25ClN4O4S/c1-15(2)14-20(30)28-12-10-27(11-13-28)17-8-6-16(7-9-17)26-24(31)23-21(25)18-4-3-5-19(29(32)33)22(18)34-23/h3-9,15H,10-14H2,1-2H3,(H,26,31). The first kappa shape index (κ1) is 24.0. The number of nitro groups is 1. The molecule has 4 rings (SSSR count). The Hall–Kier alpha value is -3.17. The molecule has 0 saturated carbocycles. The van der Waals surface area contributed by atoms with Crippen LogP contribution in [-0.2, 0) is 4.79 Å². The molecule has 0 unspecified atom stereocenters. The molecule has 0 atom stereocenters. The number of nitro benzene ring substituents is 1. The fourth-order valence-corrected chi connectivity index (χ4v) is 5.49. The van der Waals surface area contributed by atoms with E-state index >= 15 is 0 Å². The number of fused-ring (bicyclic) bond motifs is 1. The first-order valence-corrected chi connectivity index (χ1v) is 12.2. The molecule has 1 N–H and O–H groups in total. The quantitative estimate of drug-likeness (QED) is 0.360. The molecule has 1 fully saturated rings. The van der Waals surface area contributed by atoms with Gasteiger partial charge in [-0.1, -0.05) is 37.6 Å². The first-order chi connectivity index (χ1) is 16.2. The molecule has 8 nitrogen and oxygen atoms in total. The Morgan fingerprint density at radius 2 is 1.79 bits per heavy atom. The molecule has 0 bridgehead atoms. The Morgan fingerprint density at radius 1 is 1.12 bits per heavy atom. The molecule has 2 heterocycles. The van der Waals surface area contributed by atoms with Gasteiger partial charge in [0.15, 0.2) is 0 Å². The molecule has 34 heavy (non-hydrogen) atoms. The molecule has 1 aliphatic rings. The predicted molar refractivity (Wildman–Crippen MR) is 136 cm³/mol. The maximum atomic E-state index is 12.8. The van der Waals surface area contributed by atoms with E-state index in [2.05, 4.69) is 10.2 Å². The van der Waals surface area contributed by atoms with Gasteiger partial charge in [0, 0.05) is 55.4 Å². The summed E-state index contributed by atoms with van der Waals surface area (Å²) in [4.78, 5) is 40.3. The number of hydrogen-bond acceptors (Lipinski definition) is 6. The highest BCUT2D eigenvalue weighted by molar-refractivity contribution is 7.22. The third kappa shape index (κ3) is 5.00. The van der Waals surface area contributed by atoms with Crippen LogP contribution in [0.15, 0.2) is 42.5 Å². The Balaban J connectivity index is 1.41. The minimum Gasteiger partial charge on any atom is -0.368 e. The number of non-ortho nitro benzene ring substituents is 1. The molecule has 178 valence electrons. The average Bonchev–Trinajstić information content (AvgIpc) is 3.16. The van der Waals surface area contributed by atoms with E-state index in [1.54, 1.807) is 12.1 Å². The molecule has 10 heteroatoms. The average molecular weight is 501 g/mol. The molecule has 0 spiro atoms. The van der Waals surface area contributed by atoms with Gasteiger partial charge in [-0.15, -0.1) is 11.3 Å². The zero-order valence-corrected chi connectivity index (χ0v) is 20.5. The fourth-order valence-electron chi connectivity index (χ4n) is 4.00. The van der Waals surface area contributed by atoms with Crippen molar-refractivity contribution in [1.82, 2.24) is 4.90 Å². The number of piperazine rings is 1. The monoisotopic (exact) mass is 500 g/mol. The number of carbonyl (C=O) groups excluding carboxylic acids is 2. The Kier molecular flexibility index (Phi) is 7.04. The second-order valence-electron chi connectivity index (χ2n) is 8.62. The molecule has 1 saturated heterocycles. The fraction of sp³-hybridized carbons (Fsp3) is 0.333. The van der Waals surface area contributed by atoms with Crippen molar-refractivity contribution in [1.29, 1.82) is 0 Å². The summed E-state index contributed by atoms with van der Waals surface area (Å²) in [5.74, 6) is 0.148. The van der Waals surface area contributed by atoms with Crippen LogP contribution < -0.4 is 10.2 Å². The highest BCUT2D eigenvalue weighted by Crippen LogP contribution is 2.40.